The SMILES string of the molecule is CC(C)CC(CCl)(CCl)Cc1ccc(F)cc1F. The van der Waals surface area contributed by atoms with Crippen LogP contribution in [0, 0.1) is 23.0 Å². The lowest BCUT2D eigenvalue weighted by Crippen LogP contribution is -2.30. The van der Waals surface area contributed by atoms with Crippen LogP contribution in [0.1, 0.15) is 25.8 Å². The summed E-state index contributed by atoms with van der Waals surface area (Å²) in [5.41, 5.74) is 0.133. The molecule has 1 rings (SSSR count). The molecule has 0 aromatic heterocycles. The quantitative estimate of drug-likeness (QED) is 0.647. The van der Waals surface area contributed by atoms with Gasteiger partial charge in [0.1, 0.15) is 11.6 Å². The molecular formula is C14H18Cl2F2. The van der Waals surface area contributed by atoms with E-state index < -0.39 is 11.6 Å². The molecule has 4 heteroatoms. The summed E-state index contributed by atoms with van der Waals surface area (Å²) in [5.74, 6) is 0.0589. The van der Waals surface area contributed by atoms with Crippen molar-refractivity contribution in [1.29, 1.82) is 0 Å². The van der Waals surface area contributed by atoms with Crippen molar-refractivity contribution in [3.63, 3.8) is 0 Å². The fourth-order valence-corrected chi connectivity index (χ4v) is 2.94. The first kappa shape index (κ1) is 15.7. The highest BCUT2D eigenvalue weighted by Gasteiger charge is 2.30. The Morgan fingerprint density at radius 1 is 1.17 bits per heavy atom. The van der Waals surface area contributed by atoms with Crippen molar-refractivity contribution in [2.45, 2.75) is 26.7 Å². The first-order valence-electron chi connectivity index (χ1n) is 5.98. The minimum absolute atomic E-state index is 0.337. The standard InChI is InChI=1S/C14H18Cl2F2/c1-10(2)6-14(8-15,9-16)7-11-3-4-12(17)5-13(11)18/h3-5,10H,6-9H2,1-2H3. The highest BCUT2D eigenvalue weighted by Crippen LogP contribution is 2.34. The minimum Gasteiger partial charge on any atom is -0.207 e. The predicted octanol–water partition coefficient (Wildman–Crippen LogP) is 5.02. The molecule has 0 aliphatic carbocycles. The van der Waals surface area contributed by atoms with Crippen molar-refractivity contribution in [3.05, 3.63) is 35.4 Å². The molecule has 0 N–H and O–H groups in total. The van der Waals surface area contributed by atoms with Gasteiger partial charge in [0, 0.05) is 23.2 Å². The second-order valence-electron chi connectivity index (χ2n) is 5.28. The third-order valence-corrected chi connectivity index (χ3v) is 4.12. The Morgan fingerprint density at radius 3 is 2.22 bits per heavy atom. The van der Waals surface area contributed by atoms with Crippen molar-refractivity contribution in [1.82, 2.24) is 0 Å². The predicted molar refractivity (Wildman–Crippen MR) is 73.4 cm³/mol. The summed E-state index contributed by atoms with van der Waals surface area (Å²) in [4.78, 5) is 0. The summed E-state index contributed by atoms with van der Waals surface area (Å²) in [7, 11) is 0. The lowest BCUT2D eigenvalue weighted by Gasteiger charge is -2.31. The van der Waals surface area contributed by atoms with E-state index in [1.54, 1.807) is 0 Å². The molecule has 0 bridgehead atoms. The Bertz CT molecular complexity index is 387. The van der Waals surface area contributed by atoms with Crippen LogP contribution in [-0.4, -0.2) is 11.8 Å². The zero-order valence-electron chi connectivity index (χ0n) is 10.6. The molecule has 0 fully saturated rings. The van der Waals surface area contributed by atoms with Crippen molar-refractivity contribution in [2.24, 2.45) is 11.3 Å². The number of benzene rings is 1. The van der Waals surface area contributed by atoms with Crippen LogP contribution in [0.4, 0.5) is 8.78 Å². The summed E-state index contributed by atoms with van der Waals surface area (Å²) in [6.45, 7) is 4.16. The van der Waals surface area contributed by atoms with Crippen LogP contribution in [0.15, 0.2) is 18.2 Å². The maximum absolute atomic E-state index is 13.7. The number of rotatable bonds is 6. The molecule has 0 spiro atoms. The number of hydrogen-bond acceptors (Lipinski definition) is 0. The molecule has 102 valence electrons. The van der Waals surface area contributed by atoms with Gasteiger partial charge in [-0.05, 0) is 30.4 Å². The molecule has 1 aromatic rings. The Hall–Kier alpha value is -0.340. The Balaban J connectivity index is 2.95. The largest absolute Gasteiger partial charge is 0.207 e. The van der Waals surface area contributed by atoms with Gasteiger partial charge in [-0.25, -0.2) is 8.78 Å². The zero-order chi connectivity index (χ0) is 13.8. The van der Waals surface area contributed by atoms with E-state index in [0.29, 0.717) is 29.7 Å². The van der Waals surface area contributed by atoms with E-state index in [4.69, 9.17) is 23.2 Å². The average molecular weight is 295 g/mol. The van der Waals surface area contributed by atoms with Crippen LogP contribution in [0.5, 0.6) is 0 Å². The highest BCUT2D eigenvalue weighted by molar-refractivity contribution is 6.21. The van der Waals surface area contributed by atoms with E-state index >= 15 is 0 Å². The fraction of sp³-hybridized carbons (Fsp3) is 0.571. The number of halogens is 4. The van der Waals surface area contributed by atoms with Crippen molar-refractivity contribution in [2.75, 3.05) is 11.8 Å². The molecule has 0 aliphatic rings. The normalized spacial score (nSPS) is 12.2. The molecule has 1 aromatic carbocycles. The molecule has 0 nitrogen and oxygen atoms in total. The second kappa shape index (κ2) is 6.72. The highest BCUT2D eigenvalue weighted by atomic mass is 35.5. The first-order chi connectivity index (χ1) is 8.42. The Morgan fingerprint density at radius 2 is 1.78 bits per heavy atom. The average Bonchev–Trinajstić information content (AvgIpc) is 2.31. The lowest BCUT2D eigenvalue weighted by atomic mass is 9.78. The zero-order valence-corrected chi connectivity index (χ0v) is 12.2. The van der Waals surface area contributed by atoms with Crippen LogP contribution in [0.2, 0.25) is 0 Å². The smallest absolute Gasteiger partial charge is 0.129 e. The van der Waals surface area contributed by atoms with Gasteiger partial charge >= 0.3 is 0 Å². The molecule has 0 amide bonds. The van der Waals surface area contributed by atoms with Gasteiger partial charge in [0.25, 0.3) is 0 Å². The van der Waals surface area contributed by atoms with Crippen LogP contribution in [-0.2, 0) is 6.42 Å². The second-order valence-corrected chi connectivity index (χ2v) is 5.81. The van der Waals surface area contributed by atoms with Crippen molar-refractivity contribution >= 4 is 23.2 Å². The molecule has 18 heavy (non-hydrogen) atoms. The van der Waals surface area contributed by atoms with Crippen molar-refractivity contribution in [3.8, 4) is 0 Å². The van der Waals surface area contributed by atoms with Gasteiger partial charge in [-0.1, -0.05) is 19.9 Å². The van der Waals surface area contributed by atoms with Gasteiger partial charge in [-0.2, -0.15) is 0 Å². The maximum Gasteiger partial charge on any atom is 0.129 e. The van der Waals surface area contributed by atoms with E-state index in [1.165, 1.54) is 12.1 Å². The van der Waals surface area contributed by atoms with E-state index in [2.05, 4.69) is 13.8 Å². The Kier molecular flexibility index (Phi) is 5.87. The summed E-state index contributed by atoms with van der Waals surface area (Å²) in [6.07, 6.45) is 1.25. The molecule has 0 aliphatic heterocycles. The minimum atomic E-state index is -0.567. The van der Waals surface area contributed by atoms with Gasteiger partial charge in [-0.3, -0.25) is 0 Å². The molecule has 0 saturated carbocycles. The maximum atomic E-state index is 13.7. The summed E-state index contributed by atoms with van der Waals surface area (Å²) in [5, 5.41) is 0. The molecular weight excluding hydrogens is 277 g/mol. The van der Waals surface area contributed by atoms with Gasteiger partial charge in [0.05, 0.1) is 0 Å². The monoisotopic (exact) mass is 294 g/mol. The lowest BCUT2D eigenvalue weighted by molar-refractivity contribution is 0.292. The van der Waals surface area contributed by atoms with E-state index in [9.17, 15) is 8.78 Å². The van der Waals surface area contributed by atoms with E-state index in [0.717, 1.165) is 12.5 Å². The van der Waals surface area contributed by atoms with E-state index in [1.807, 2.05) is 0 Å². The van der Waals surface area contributed by atoms with Gasteiger partial charge in [-0.15, -0.1) is 23.2 Å². The summed E-state index contributed by atoms with van der Waals surface area (Å²) in [6, 6.07) is 3.64. The first-order valence-corrected chi connectivity index (χ1v) is 7.05. The molecule has 0 heterocycles. The number of alkyl halides is 2. The van der Waals surface area contributed by atoms with Crippen LogP contribution in [0.25, 0.3) is 0 Å². The molecule has 0 unspecified atom stereocenters. The van der Waals surface area contributed by atoms with Gasteiger partial charge in [0.15, 0.2) is 0 Å². The fourth-order valence-electron chi connectivity index (χ4n) is 2.25. The summed E-state index contributed by atoms with van der Waals surface area (Å²) < 4.78 is 26.5. The third-order valence-electron chi connectivity index (χ3n) is 2.99. The van der Waals surface area contributed by atoms with Gasteiger partial charge < -0.3 is 0 Å². The topological polar surface area (TPSA) is 0 Å². The van der Waals surface area contributed by atoms with Crippen molar-refractivity contribution < 1.29 is 8.78 Å². The van der Waals surface area contributed by atoms with Crippen LogP contribution < -0.4 is 0 Å². The van der Waals surface area contributed by atoms with Crippen LogP contribution >= 0.6 is 23.2 Å². The number of hydrogen-bond donors (Lipinski definition) is 0. The Labute approximate surface area is 117 Å². The molecule has 0 radical (unpaired) electrons. The third kappa shape index (κ3) is 4.10. The van der Waals surface area contributed by atoms with Crippen LogP contribution in [0.3, 0.4) is 0 Å². The van der Waals surface area contributed by atoms with E-state index in [-0.39, 0.29) is 5.41 Å². The molecule has 0 saturated heterocycles. The summed E-state index contributed by atoms with van der Waals surface area (Å²) >= 11 is 12.0. The molecule has 0 atom stereocenters. The van der Waals surface area contributed by atoms with Gasteiger partial charge in [0.2, 0.25) is 0 Å².